The number of nitrogen functional groups attached to an aromatic ring is 1. The molecule has 1 aromatic carbocycles. The van der Waals surface area contributed by atoms with E-state index in [1.54, 1.807) is 12.3 Å². The van der Waals surface area contributed by atoms with Crippen molar-refractivity contribution in [2.24, 2.45) is 0 Å². The number of aromatic nitrogens is 1. The van der Waals surface area contributed by atoms with E-state index < -0.39 is 11.7 Å². The molecule has 0 radical (unpaired) electrons. The van der Waals surface area contributed by atoms with E-state index in [1.807, 2.05) is 0 Å². The number of morpholine rings is 1. The van der Waals surface area contributed by atoms with Gasteiger partial charge in [-0.3, -0.25) is 4.90 Å². The molecule has 0 saturated carbocycles. The normalized spacial score (nSPS) is 19.9. The first-order valence-corrected chi connectivity index (χ1v) is 7.95. The van der Waals surface area contributed by atoms with Crippen LogP contribution in [0.4, 0.5) is 18.3 Å². The standard InChI is InChI=1S/C15H16F3N3OS/c16-15(17,18)11-3-1-2-10(6-11)13-9-21(4-5-22-13)8-12-7-20-14(19)23-12/h1-3,6-7,13H,4-5,8-9H2,(H2,19,20). The molecule has 3 rings (SSSR count). The molecule has 1 fully saturated rings. The number of rotatable bonds is 3. The SMILES string of the molecule is Nc1ncc(CN2CCOC(c3cccc(C(F)(F)F)c3)C2)s1. The van der Waals surface area contributed by atoms with Crippen LogP contribution in [-0.2, 0) is 17.5 Å². The smallest absolute Gasteiger partial charge is 0.375 e. The lowest BCUT2D eigenvalue weighted by atomic mass is 10.0. The third kappa shape index (κ3) is 4.01. The summed E-state index contributed by atoms with van der Waals surface area (Å²) in [6.45, 7) is 2.43. The highest BCUT2D eigenvalue weighted by molar-refractivity contribution is 7.15. The van der Waals surface area contributed by atoms with E-state index in [4.69, 9.17) is 10.5 Å². The summed E-state index contributed by atoms with van der Waals surface area (Å²) in [7, 11) is 0. The average molecular weight is 343 g/mol. The summed E-state index contributed by atoms with van der Waals surface area (Å²) in [4.78, 5) is 7.19. The predicted molar refractivity (Wildman–Crippen MR) is 81.9 cm³/mol. The Morgan fingerprint density at radius 2 is 2.22 bits per heavy atom. The van der Waals surface area contributed by atoms with Gasteiger partial charge in [-0.15, -0.1) is 11.3 Å². The van der Waals surface area contributed by atoms with Gasteiger partial charge in [0.25, 0.3) is 0 Å². The maximum Gasteiger partial charge on any atom is 0.416 e. The van der Waals surface area contributed by atoms with Crippen molar-refractivity contribution >= 4 is 16.5 Å². The van der Waals surface area contributed by atoms with Crippen molar-refractivity contribution in [2.45, 2.75) is 18.8 Å². The van der Waals surface area contributed by atoms with E-state index in [0.717, 1.165) is 17.5 Å². The molecule has 1 aliphatic rings. The van der Waals surface area contributed by atoms with Crippen LogP contribution in [0.15, 0.2) is 30.5 Å². The fraction of sp³-hybridized carbons (Fsp3) is 0.400. The highest BCUT2D eigenvalue weighted by atomic mass is 32.1. The molecule has 1 aromatic heterocycles. The number of thiazole rings is 1. The van der Waals surface area contributed by atoms with E-state index in [9.17, 15) is 13.2 Å². The van der Waals surface area contributed by atoms with Crippen molar-refractivity contribution in [2.75, 3.05) is 25.4 Å². The lowest BCUT2D eigenvalue weighted by Gasteiger charge is -2.33. The summed E-state index contributed by atoms with van der Waals surface area (Å²) in [5, 5.41) is 0.516. The molecule has 1 saturated heterocycles. The van der Waals surface area contributed by atoms with Crippen molar-refractivity contribution in [3.05, 3.63) is 46.5 Å². The van der Waals surface area contributed by atoms with Crippen LogP contribution in [-0.4, -0.2) is 29.6 Å². The van der Waals surface area contributed by atoms with Crippen molar-refractivity contribution < 1.29 is 17.9 Å². The predicted octanol–water partition coefficient (Wildman–Crippen LogP) is 3.32. The molecule has 0 spiro atoms. The Hall–Kier alpha value is -1.64. The zero-order valence-electron chi connectivity index (χ0n) is 12.2. The molecule has 0 amide bonds. The first-order chi connectivity index (χ1) is 10.9. The molecule has 124 valence electrons. The minimum atomic E-state index is -4.34. The zero-order valence-corrected chi connectivity index (χ0v) is 13.0. The summed E-state index contributed by atoms with van der Waals surface area (Å²) >= 11 is 1.42. The Morgan fingerprint density at radius 3 is 2.91 bits per heavy atom. The molecule has 4 nitrogen and oxygen atoms in total. The van der Waals surface area contributed by atoms with Gasteiger partial charge in [-0.1, -0.05) is 12.1 Å². The second kappa shape index (κ2) is 6.46. The largest absolute Gasteiger partial charge is 0.416 e. The van der Waals surface area contributed by atoms with Gasteiger partial charge in [-0.2, -0.15) is 13.2 Å². The van der Waals surface area contributed by atoms with Crippen LogP contribution >= 0.6 is 11.3 Å². The van der Waals surface area contributed by atoms with Crippen molar-refractivity contribution in [3.63, 3.8) is 0 Å². The van der Waals surface area contributed by atoms with Gasteiger partial charge in [0.05, 0.1) is 18.3 Å². The Labute approximate surface area is 135 Å². The van der Waals surface area contributed by atoms with Crippen LogP contribution in [0.2, 0.25) is 0 Å². The fourth-order valence-corrected chi connectivity index (χ4v) is 3.31. The second-order valence-corrected chi connectivity index (χ2v) is 6.53. The topological polar surface area (TPSA) is 51.4 Å². The molecular formula is C15H16F3N3OS. The maximum absolute atomic E-state index is 12.8. The summed E-state index contributed by atoms with van der Waals surface area (Å²) in [5.74, 6) is 0. The molecule has 1 unspecified atom stereocenters. The number of benzene rings is 1. The van der Waals surface area contributed by atoms with Crippen LogP contribution in [0.5, 0.6) is 0 Å². The maximum atomic E-state index is 12.8. The first kappa shape index (κ1) is 16.2. The number of halogens is 3. The van der Waals surface area contributed by atoms with Gasteiger partial charge in [0.1, 0.15) is 0 Å². The summed E-state index contributed by atoms with van der Waals surface area (Å²) in [5.41, 5.74) is 5.52. The number of alkyl halides is 3. The Balaban J connectivity index is 1.71. The third-order valence-electron chi connectivity index (χ3n) is 3.69. The second-order valence-electron chi connectivity index (χ2n) is 5.38. The van der Waals surface area contributed by atoms with Crippen LogP contribution in [0.25, 0.3) is 0 Å². The zero-order chi connectivity index (χ0) is 16.4. The van der Waals surface area contributed by atoms with E-state index in [1.165, 1.54) is 23.5 Å². The molecule has 1 atom stereocenters. The fourth-order valence-electron chi connectivity index (χ4n) is 2.58. The molecule has 2 N–H and O–H groups in total. The van der Waals surface area contributed by atoms with Gasteiger partial charge in [0.2, 0.25) is 0 Å². The number of ether oxygens (including phenoxy) is 1. The molecule has 2 heterocycles. The number of hydrogen-bond donors (Lipinski definition) is 1. The molecule has 1 aliphatic heterocycles. The van der Waals surface area contributed by atoms with E-state index in [0.29, 0.717) is 30.4 Å². The molecular weight excluding hydrogens is 327 g/mol. The molecule has 2 aromatic rings. The number of nitrogens with two attached hydrogens (primary N) is 1. The third-order valence-corrected chi connectivity index (χ3v) is 4.50. The van der Waals surface area contributed by atoms with Gasteiger partial charge in [0.15, 0.2) is 5.13 Å². The summed E-state index contributed by atoms with van der Waals surface area (Å²) in [6, 6.07) is 5.33. The molecule has 0 bridgehead atoms. The Morgan fingerprint density at radius 1 is 1.39 bits per heavy atom. The average Bonchev–Trinajstić information content (AvgIpc) is 2.92. The van der Waals surface area contributed by atoms with Gasteiger partial charge in [-0.25, -0.2) is 4.98 Å². The lowest BCUT2D eigenvalue weighted by Crippen LogP contribution is -2.37. The Kier molecular flexibility index (Phi) is 4.56. The van der Waals surface area contributed by atoms with Crippen molar-refractivity contribution in [3.8, 4) is 0 Å². The highest BCUT2D eigenvalue weighted by Gasteiger charge is 2.31. The van der Waals surface area contributed by atoms with Crippen molar-refractivity contribution in [1.82, 2.24) is 9.88 Å². The number of hydrogen-bond acceptors (Lipinski definition) is 5. The van der Waals surface area contributed by atoms with Crippen LogP contribution < -0.4 is 5.73 Å². The number of anilines is 1. The molecule has 23 heavy (non-hydrogen) atoms. The van der Waals surface area contributed by atoms with Crippen LogP contribution in [0, 0.1) is 0 Å². The van der Waals surface area contributed by atoms with Crippen LogP contribution in [0.3, 0.4) is 0 Å². The number of nitrogens with zero attached hydrogens (tertiary/aromatic N) is 2. The van der Waals surface area contributed by atoms with E-state index in [2.05, 4.69) is 9.88 Å². The Bertz CT molecular complexity index is 674. The lowest BCUT2D eigenvalue weighted by molar-refractivity contribution is -0.137. The van der Waals surface area contributed by atoms with Crippen LogP contribution in [0.1, 0.15) is 22.1 Å². The van der Waals surface area contributed by atoms with E-state index >= 15 is 0 Å². The van der Waals surface area contributed by atoms with Crippen molar-refractivity contribution in [1.29, 1.82) is 0 Å². The molecule has 8 heteroatoms. The minimum absolute atomic E-state index is 0.365. The van der Waals surface area contributed by atoms with Gasteiger partial charge in [0, 0.05) is 30.7 Å². The van der Waals surface area contributed by atoms with Gasteiger partial charge in [-0.05, 0) is 17.7 Å². The van der Waals surface area contributed by atoms with Gasteiger partial charge < -0.3 is 10.5 Å². The summed E-state index contributed by atoms with van der Waals surface area (Å²) in [6.07, 6.45) is -2.98. The molecule has 0 aliphatic carbocycles. The van der Waals surface area contributed by atoms with Gasteiger partial charge >= 0.3 is 6.18 Å². The monoisotopic (exact) mass is 343 g/mol. The first-order valence-electron chi connectivity index (χ1n) is 7.13. The summed E-state index contributed by atoms with van der Waals surface area (Å²) < 4.78 is 44.2. The minimum Gasteiger partial charge on any atom is -0.375 e. The van der Waals surface area contributed by atoms with E-state index in [-0.39, 0.29) is 6.10 Å². The quantitative estimate of drug-likeness (QED) is 0.929. The highest BCUT2D eigenvalue weighted by Crippen LogP contribution is 2.32.